The van der Waals surface area contributed by atoms with Crippen LogP contribution < -0.4 is 74.6 Å². The Morgan fingerprint density at radius 1 is 1.23 bits per heavy atom. The molecule has 60 valence electrons. The van der Waals surface area contributed by atoms with Crippen molar-refractivity contribution in [3.63, 3.8) is 0 Å². The predicted molar refractivity (Wildman–Crippen MR) is 25.5 cm³/mol. The fourth-order valence-electron chi connectivity index (χ4n) is 0.790. The number of nitrogens with one attached hydrogen (secondary N) is 1. The van der Waals surface area contributed by atoms with E-state index in [1.807, 2.05) is 0 Å². The largest absolute Gasteiger partial charge is 1.00 e. The first-order chi connectivity index (χ1) is 4.99. The first-order valence-electron chi connectivity index (χ1n) is 2.73. The van der Waals surface area contributed by atoms with E-state index in [4.69, 9.17) is 0 Å². The van der Waals surface area contributed by atoms with Gasteiger partial charge in [0, 0.05) is 0 Å². The van der Waals surface area contributed by atoms with Gasteiger partial charge >= 0.3 is 59.1 Å². The maximum absolute atomic E-state index is 10.2. The van der Waals surface area contributed by atoms with Crippen molar-refractivity contribution in [3.05, 3.63) is 0 Å². The van der Waals surface area contributed by atoms with Gasteiger partial charge in [0.2, 0.25) is 5.91 Å². The van der Waals surface area contributed by atoms with Gasteiger partial charge in [-0.1, -0.05) is 0 Å². The minimum Gasteiger partial charge on any atom is -0.547 e. The third-order valence-corrected chi connectivity index (χ3v) is 1.48. The smallest absolute Gasteiger partial charge is 0.547 e. The van der Waals surface area contributed by atoms with Gasteiger partial charge in [-0.3, -0.25) is 4.79 Å². The number of rotatable bonds is 2. The van der Waals surface area contributed by atoms with Crippen LogP contribution in [0, 0.1) is 0 Å². The number of β-lactam (4-membered cyclic amide) rings is 1. The topological polar surface area (TPSA) is 109 Å². The van der Waals surface area contributed by atoms with Gasteiger partial charge in [0.15, 0.2) is 0 Å². The molecule has 0 saturated carbocycles. The van der Waals surface area contributed by atoms with Gasteiger partial charge in [-0.05, 0) is 0 Å². The molecule has 1 aliphatic heterocycles. The van der Waals surface area contributed by atoms with Gasteiger partial charge in [-0.15, -0.1) is 0 Å². The number of aliphatic carboxylic acids is 2. The van der Waals surface area contributed by atoms with Crippen LogP contribution in [0.3, 0.4) is 0 Å². The third-order valence-electron chi connectivity index (χ3n) is 1.48. The second-order valence-corrected chi connectivity index (χ2v) is 2.21. The fraction of sp³-hybridized carbons (Fsp3) is 0.400. The number of hydrogen-bond acceptors (Lipinski definition) is 5. The summed E-state index contributed by atoms with van der Waals surface area (Å²) >= 11 is 0. The molecule has 1 amide bonds. The Morgan fingerprint density at radius 2 is 1.54 bits per heavy atom. The summed E-state index contributed by atoms with van der Waals surface area (Å²) in [7, 11) is 0. The van der Waals surface area contributed by atoms with Gasteiger partial charge in [0.1, 0.15) is 5.54 Å². The molecule has 0 bridgehead atoms. The van der Waals surface area contributed by atoms with Crippen LogP contribution in [-0.2, 0) is 14.4 Å². The van der Waals surface area contributed by atoms with Crippen LogP contribution in [0.1, 0.15) is 6.42 Å². The second-order valence-electron chi connectivity index (χ2n) is 2.21. The molecule has 0 aliphatic carbocycles. The summed E-state index contributed by atoms with van der Waals surface area (Å²) in [4.78, 5) is 30.5. The Bertz CT molecular complexity index is 229. The Kier molecular flexibility index (Phi) is 6.50. The molecular weight excluding hydrogens is 200 g/mol. The van der Waals surface area contributed by atoms with E-state index < -0.39 is 29.8 Å². The summed E-state index contributed by atoms with van der Waals surface area (Å²) in [6.07, 6.45) is -0.613. The minimum atomic E-state index is -2.29. The molecule has 0 spiro atoms. The van der Waals surface area contributed by atoms with Gasteiger partial charge in [-0.25, -0.2) is 0 Å². The van der Waals surface area contributed by atoms with Crippen LogP contribution in [-0.4, -0.2) is 23.4 Å². The van der Waals surface area contributed by atoms with Crippen molar-refractivity contribution in [2.75, 3.05) is 0 Å². The van der Waals surface area contributed by atoms with Crippen LogP contribution in [0.4, 0.5) is 0 Å². The monoisotopic (exact) mass is 203 g/mol. The summed E-state index contributed by atoms with van der Waals surface area (Å²) < 4.78 is 0. The summed E-state index contributed by atoms with van der Waals surface area (Å²) in [5.41, 5.74) is -2.29. The van der Waals surface area contributed by atoms with Crippen molar-refractivity contribution < 1.29 is 83.7 Å². The zero-order valence-corrected chi connectivity index (χ0v) is 11.2. The quantitative estimate of drug-likeness (QED) is 0.272. The Balaban J connectivity index is 0. The van der Waals surface area contributed by atoms with Crippen LogP contribution in [0.25, 0.3) is 0 Å². The molecule has 1 saturated heterocycles. The molecule has 0 radical (unpaired) electrons. The molecular formula is C5H3NNa2O5. The van der Waals surface area contributed by atoms with Crippen molar-refractivity contribution in [2.24, 2.45) is 0 Å². The second kappa shape index (κ2) is 5.33. The zero-order valence-electron chi connectivity index (χ0n) is 7.25. The maximum Gasteiger partial charge on any atom is 1.00 e. The molecule has 0 unspecified atom stereocenters. The van der Waals surface area contributed by atoms with Crippen LogP contribution in [0.5, 0.6) is 0 Å². The van der Waals surface area contributed by atoms with E-state index in [0.717, 1.165) is 0 Å². The molecule has 0 aromatic heterocycles. The van der Waals surface area contributed by atoms with Crippen molar-refractivity contribution >= 4 is 17.8 Å². The Labute approximate surface area is 118 Å². The SMILES string of the molecule is O=C1CC(C(=O)[O-])(C(=O)[O-])N1.[Na+].[Na+]. The van der Waals surface area contributed by atoms with E-state index >= 15 is 0 Å². The predicted octanol–water partition coefficient (Wildman–Crippen LogP) is -10.2. The summed E-state index contributed by atoms with van der Waals surface area (Å²) in [6.45, 7) is 0. The molecule has 0 aromatic carbocycles. The van der Waals surface area contributed by atoms with E-state index in [1.54, 1.807) is 5.32 Å². The summed E-state index contributed by atoms with van der Waals surface area (Å²) in [6, 6.07) is 0. The minimum absolute atomic E-state index is 0. The van der Waals surface area contributed by atoms with Gasteiger partial charge in [0.25, 0.3) is 0 Å². The van der Waals surface area contributed by atoms with Crippen molar-refractivity contribution in [2.45, 2.75) is 12.0 Å². The summed E-state index contributed by atoms with van der Waals surface area (Å²) in [5, 5.41) is 22.0. The van der Waals surface area contributed by atoms with Crippen molar-refractivity contribution in [1.29, 1.82) is 0 Å². The van der Waals surface area contributed by atoms with E-state index in [9.17, 15) is 24.6 Å². The number of carboxylic acid groups (broad SMARTS) is 2. The molecule has 8 heteroatoms. The number of carboxylic acids is 2. The third kappa shape index (κ3) is 2.68. The van der Waals surface area contributed by atoms with E-state index in [-0.39, 0.29) is 59.1 Å². The van der Waals surface area contributed by atoms with Gasteiger partial charge in [0.05, 0.1) is 18.4 Å². The van der Waals surface area contributed by atoms with Crippen LogP contribution in [0.2, 0.25) is 0 Å². The summed E-state index contributed by atoms with van der Waals surface area (Å²) in [5.74, 6) is -4.34. The number of hydrogen-bond donors (Lipinski definition) is 1. The fourth-order valence-corrected chi connectivity index (χ4v) is 0.790. The Morgan fingerprint density at radius 3 is 1.62 bits per heavy atom. The standard InChI is InChI=1S/C5H5NO5.2Na/c7-2-1-5(6-2,3(8)9)4(10)11;;/h1H2,(H,6,7)(H,8,9)(H,10,11);;/q;2*+1/p-2. The maximum atomic E-state index is 10.2. The normalized spacial score (nSPS) is 16.8. The molecule has 1 aliphatic rings. The first-order valence-corrected chi connectivity index (χ1v) is 2.73. The van der Waals surface area contributed by atoms with Gasteiger partial charge < -0.3 is 25.1 Å². The van der Waals surface area contributed by atoms with E-state index in [1.165, 1.54) is 0 Å². The Hall–Kier alpha value is 0.410. The number of carbonyl (C=O) groups excluding carboxylic acids is 3. The molecule has 0 aromatic rings. The van der Waals surface area contributed by atoms with Crippen LogP contribution in [0.15, 0.2) is 0 Å². The van der Waals surface area contributed by atoms with Gasteiger partial charge in [-0.2, -0.15) is 0 Å². The molecule has 1 rings (SSSR count). The van der Waals surface area contributed by atoms with E-state index in [0.29, 0.717) is 0 Å². The number of amides is 1. The molecule has 1 fully saturated rings. The molecule has 13 heavy (non-hydrogen) atoms. The molecule has 6 nitrogen and oxygen atoms in total. The van der Waals surface area contributed by atoms with E-state index in [2.05, 4.69) is 0 Å². The molecule has 1 N–H and O–H groups in total. The molecule has 1 heterocycles. The average Bonchev–Trinajstić information content (AvgIpc) is 1.78. The van der Waals surface area contributed by atoms with Crippen LogP contribution >= 0.6 is 0 Å². The average molecular weight is 203 g/mol. The van der Waals surface area contributed by atoms with Crippen molar-refractivity contribution in [1.82, 2.24) is 5.32 Å². The number of carbonyl (C=O) groups is 3. The first kappa shape index (κ1) is 15.9. The zero-order chi connectivity index (χ0) is 8.65. The van der Waals surface area contributed by atoms with Crippen molar-refractivity contribution in [3.8, 4) is 0 Å². The molecule has 0 atom stereocenters.